The predicted molar refractivity (Wildman–Crippen MR) is 130 cm³/mol. The van der Waals surface area contributed by atoms with Crippen LogP contribution in [0, 0.1) is 6.92 Å². The molecule has 2 unspecified atom stereocenters. The van der Waals surface area contributed by atoms with Crippen molar-refractivity contribution in [2.45, 2.75) is 84.0 Å². The maximum absolute atomic E-state index is 13.6. The van der Waals surface area contributed by atoms with Gasteiger partial charge in [-0.3, -0.25) is 9.59 Å². The number of carbonyl (C=O) groups excluding carboxylic acids is 3. The summed E-state index contributed by atoms with van der Waals surface area (Å²) in [6.45, 7) is 9.50. The number of carbonyl (C=O) groups is 3. The highest BCUT2D eigenvalue weighted by molar-refractivity contribution is 7.80. The summed E-state index contributed by atoms with van der Waals surface area (Å²) >= 11 is 4.28. The number of nitrogens with zero attached hydrogens (tertiary/aromatic N) is 1. The van der Waals surface area contributed by atoms with Crippen molar-refractivity contribution in [2.75, 3.05) is 12.3 Å². The fourth-order valence-electron chi connectivity index (χ4n) is 3.46. The molecule has 0 aliphatic heterocycles. The van der Waals surface area contributed by atoms with Gasteiger partial charge in [0.1, 0.15) is 23.4 Å². The third-order valence-corrected chi connectivity index (χ3v) is 5.62. The van der Waals surface area contributed by atoms with Crippen molar-refractivity contribution >= 4 is 30.5 Å². The highest BCUT2D eigenvalue weighted by Gasteiger charge is 2.43. The number of nitrogens with one attached hydrogen (secondary N) is 2. The Balaban J connectivity index is 2.37. The average Bonchev–Trinajstić information content (AvgIpc) is 3.55. The molecule has 1 aliphatic rings. The number of thiol groups is 1. The Labute approximate surface area is 201 Å². The Morgan fingerprint density at radius 3 is 2.45 bits per heavy atom. The van der Waals surface area contributed by atoms with Gasteiger partial charge in [-0.2, -0.15) is 12.6 Å². The van der Waals surface area contributed by atoms with Gasteiger partial charge in [-0.1, -0.05) is 19.4 Å². The van der Waals surface area contributed by atoms with Gasteiger partial charge in [-0.15, -0.1) is 0 Å². The first-order valence-electron chi connectivity index (χ1n) is 11.5. The van der Waals surface area contributed by atoms with Crippen LogP contribution in [-0.4, -0.2) is 57.9 Å². The normalized spacial score (nSPS) is 15.3. The quantitative estimate of drug-likeness (QED) is 0.304. The smallest absolute Gasteiger partial charge is 0.408 e. The lowest BCUT2D eigenvalue weighted by atomic mass is 10.00. The van der Waals surface area contributed by atoms with Gasteiger partial charge >= 0.3 is 6.09 Å². The molecular formula is C24H37N3O5S. The molecule has 0 bridgehead atoms. The Bertz CT molecular complexity index is 851. The summed E-state index contributed by atoms with van der Waals surface area (Å²) in [4.78, 5) is 40.8. The number of amides is 3. The van der Waals surface area contributed by atoms with Crippen LogP contribution in [0.15, 0.2) is 18.2 Å². The molecule has 3 amide bonds. The van der Waals surface area contributed by atoms with E-state index in [9.17, 15) is 19.5 Å². The van der Waals surface area contributed by atoms with E-state index in [1.165, 1.54) is 6.07 Å². The molecule has 0 radical (unpaired) electrons. The maximum Gasteiger partial charge on any atom is 0.408 e. The number of phenolic OH excluding ortho intramolecular Hbond substituents is 1. The fourth-order valence-corrected chi connectivity index (χ4v) is 3.71. The van der Waals surface area contributed by atoms with Crippen molar-refractivity contribution in [2.24, 2.45) is 0 Å². The first-order chi connectivity index (χ1) is 15.5. The standard InChI is InChI=1S/C24H37N3O5S/c1-6-7-12-25-21(29)20(16-8-11-19(28)15(2)13-16)27(17-9-10-17)22(30)18(14-33)26-23(31)32-24(3,4)5/h8,11,13,17-18,20,28,33H,6-7,9-10,12,14H2,1-5H3,(H,25,29)(H,26,31). The number of alkyl carbamates (subject to hydrolysis) is 1. The molecule has 8 nitrogen and oxygen atoms in total. The molecule has 1 aromatic rings. The predicted octanol–water partition coefficient (Wildman–Crippen LogP) is 3.47. The third kappa shape index (κ3) is 7.84. The van der Waals surface area contributed by atoms with Crippen LogP contribution in [0.3, 0.4) is 0 Å². The number of unbranched alkanes of at least 4 members (excludes halogenated alkanes) is 1. The molecule has 1 aromatic carbocycles. The molecule has 0 aromatic heterocycles. The number of hydrogen-bond acceptors (Lipinski definition) is 6. The van der Waals surface area contributed by atoms with Crippen LogP contribution in [0.25, 0.3) is 0 Å². The summed E-state index contributed by atoms with van der Waals surface area (Å²) in [7, 11) is 0. The second kappa shape index (κ2) is 11.6. The number of aromatic hydroxyl groups is 1. The lowest BCUT2D eigenvalue weighted by Gasteiger charge is -2.34. The van der Waals surface area contributed by atoms with Crippen LogP contribution < -0.4 is 10.6 Å². The van der Waals surface area contributed by atoms with Crippen molar-refractivity contribution < 1.29 is 24.2 Å². The van der Waals surface area contributed by atoms with Gasteiger partial charge < -0.3 is 25.4 Å². The summed E-state index contributed by atoms with van der Waals surface area (Å²) in [6, 6.07) is 2.96. The molecule has 0 spiro atoms. The summed E-state index contributed by atoms with van der Waals surface area (Å²) in [5.74, 6) is -0.503. The maximum atomic E-state index is 13.6. The minimum atomic E-state index is -0.951. The summed E-state index contributed by atoms with van der Waals surface area (Å²) in [5, 5.41) is 15.5. The zero-order valence-electron chi connectivity index (χ0n) is 20.2. The van der Waals surface area contributed by atoms with Gasteiger partial charge in [0.25, 0.3) is 0 Å². The Morgan fingerprint density at radius 1 is 1.27 bits per heavy atom. The van der Waals surface area contributed by atoms with Crippen LogP contribution in [0.5, 0.6) is 5.75 Å². The van der Waals surface area contributed by atoms with E-state index in [1.807, 2.05) is 6.92 Å². The number of ether oxygens (including phenoxy) is 1. The molecule has 184 valence electrons. The van der Waals surface area contributed by atoms with Crippen molar-refractivity contribution in [3.05, 3.63) is 29.3 Å². The molecule has 2 rings (SSSR count). The second-order valence-electron chi connectivity index (χ2n) is 9.45. The highest BCUT2D eigenvalue weighted by atomic mass is 32.1. The lowest BCUT2D eigenvalue weighted by molar-refractivity contribution is -0.142. The Morgan fingerprint density at radius 2 is 1.94 bits per heavy atom. The van der Waals surface area contributed by atoms with Crippen LogP contribution in [0.4, 0.5) is 4.79 Å². The topological polar surface area (TPSA) is 108 Å². The van der Waals surface area contributed by atoms with E-state index < -0.39 is 23.8 Å². The highest BCUT2D eigenvalue weighted by Crippen LogP contribution is 2.36. The summed E-state index contributed by atoms with van der Waals surface area (Å²) in [6.07, 6.45) is 2.58. The number of hydrogen-bond donors (Lipinski definition) is 4. The molecule has 1 fully saturated rings. The molecule has 1 saturated carbocycles. The molecular weight excluding hydrogens is 442 g/mol. The van der Waals surface area contributed by atoms with E-state index in [0.29, 0.717) is 17.7 Å². The second-order valence-corrected chi connectivity index (χ2v) is 9.82. The SMILES string of the molecule is CCCCNC(=O)C(c1ccc(O)c(C)c1)N(C(=O)C(CS)NC(=O)OC(C)(C)C)C1CC1. The van der Waals surface area contributed by atoms with Crippen molar-refractivity contribution in [1.82, 2.24) is 15.5 Å². The number of benzene rings is 1. The molecule has 1 aliphatic carbocycles. The molecule has 2 atom stereocenters. The van der Waals surface area contributed by atoms with E-state index in [0.717, 1.165) is 25.7 Å². The molecule has 33 heavy (non-hydrogen) atoms. The minimum absolute atomic E-state index is 0.0556. The molecule has 0 saturated heterocycles. The van der Waals surface area contributed by atoms with E-state index in [4.69, 9.17) is 4.74 Å². The average molecular weight is 480 g/mol. The van der Waals surface area contributed by atoms with Crippen molar-refractivity contribution in [3.8, 4) is 5.75 Å². The van der Waals surface area contributed by atoms with Gasteiger partial charge in [0.2, 0.25) is 11.8 Å². The Hall–Kier alpha value is -2.42. The number of aryl methyl sites for hydroxylation is 1. The van der Waals surface area contributed by atoms with Gasteiger partial charge in [-0.25, -0.2) is 4.79 Å². The van der Waals surface area contributed by atoms with Gasteiger partial charge in [-0.05, 0) is 70.2 Å². The van der Waals surface area contributed by atoms with E-state index in [2.05, 4.69) is 23.3 Å². The van der Waals surface area contributed by atoms with Crippen molar-refractivity contribution in [3.63, 3.8) is 0 Å². The first-order valence-corrected chi connectivity index (χ1v) is 12.1. The molecule has 3 N–H and O–H groups in total. The number of phenols is 1. The van der Waals surface area contributed by atoms with E-state index >= 15 is 0 Å². The van der Waals surface area contributed by atoms with Crippen LogP contribution >= 0.6 is 12.6 Å². The first kappa shape index (κ1) is 26.8. The Kier molecular flexibility index (Phi) is 9.46. The van der Waals surface area contributed by atoms with Crippen LogP contribution in [0.1, 0.15) is 70.5 Å². The zero-order valence-corrected chi connectivity index (χ0v) is 21.1. The minimum Gasteiger partial charge on any atom is -0.508 e. The van der Waals surface area contributed by atoms with Gasteiger partial charge in [0.15, 0.2) is 0 Å². The fraction of sp³-hybridized carbons (Fsp3) is 0.625. The van der Waals surface area contributed by atoms with Crippen molar-refractivity contribution in [1.29, 1.82) is 0 Å². The van der Waals surface area contributed by atoms with Crippen LogP contribution in [-0.2, 0) is 14.3 Å². The molecule has 9 heteroatoms. The van der Waals surface area contributed by atoms with E-state index in [1.54, 1.807) is 44.7 Å². The summed E-state index contributed by atoms with van der Waals surface area (Å²) in [5.41, 5.74) is 0.504. The number of rotatable bonds is 10. The van der Waals surface area contributed by atoms with Gasteiger partial charge in [0, 0.05) is 18.3 Å². The largest absolute Gasteiger partial charge is 0.508 e. The van der Waals surface area contributed by atoms with Crippen LogP contribution in [0.2, 0.25) is 0 Å². The monoisotopic (exact) mass is 479 g/mol. The lowest BCUT2D eigenvalue weighted by Crippen LogP contribution is -2.54. The zero-order chi connectivity index (χ0) is 24.8. The third-order valence-electron chi connectivity index (χ3n) is 5.26. The molecule has 0 heterocycles. The van der Waals surface area contributed by atoms with E-state index in [-0.39, 0.29) is 29.4 Å². The van der Waals surface area contributed by atoms with Gasteiger partial charge in [0.05, 0.1) is 0 Å². The summed E-state index contributed by atoms with van der Waals surface area (Å²) < 4.78 is 5.30.